The maximum Gasteiger partial charge on any atom is 0.000963 e. The number of hydrogen-bond donors (Lipinski definition) is 1. The van der Waals surface area contributed by atoms with E-state index in [9.17, 15) is 0 Å². The van der Waals surface area contributed by atoms with Crippen LogP contribution in [0.4, 0.5) is 0 Å². The number of nitrogens with one attached hydrogen (secondary N) is 1. The zero-order valence-corrected chi connectivity index (χ0v) is 9.34. The highest BCUT2D eigenvalue weighted by atomic mass is 15.1. The van der Waals surface area contributed by atoms with Crippen molar-refractivity contribution in [1.82, 2.24) is 10.2 Å². The third-order valence-corrected chi connectivity index (χ3v) is 3.24. The van der Waals surface area contributed by atoms with Crippen molar-refractivity contribution in [2.45, 2.75) is 26.2 Å². The van der Waals surface area contributed by atoms with Crippen LogP contribution in [0, 0.1) is 11.8 Å². The summed E-state index contributed by atoms with van der Waals surface area (Å²) >= 11 is 0. The van der Waals surface area contributed by atoms with Crippen molar-refractivity contribution in [2.75, 3.05) is 33.7 Å². The lowest BCUT2D eigenvalue weighted by molar-refractivity contribution is 0.243. The van der Waals surface area contributed by atoms with E-state index in [2.05, 4.69) is 31.2 Å². The zero-order valence-electron chi connectivity index (χ0n) is 9.34. The van der Waals surface area contributed by atoms with Gasteiger partial charge in [-0.1, -0.05) is 13.3 Å². The lowest BCUT2D eigenvalue weighted by Crippen LogP contribution is -2.31. The van der Waals surface area contributed by atoms with Gasteiger partial charge < -0.3 is 10.2 Å². The first-order valence-corrected chi connectivity index (χ1v) is 5.57. The Labute approximate surface area is 82.7 Å². The van der Waals surface area contributed by atoms with Gasteiger partial charge in [-0.15, -0.1) is 0 Å². The van der Waals surface area contributed by atoms with Gasteiger partial charge in [0, 0.05) is 6.54 Å². The molecule has 1 N–H and O–H groups in total. The predicted octanol–water partition coefficient (Wildman–Crippen LogP) is 1.57. The molecule has 1 heterocycles. The Balaban J connectivity index is 2.37. The van der Waals surface area contributed by atoms with Crippen molar-refractivity contribution in [3.8, 4) is 0 Å². The van der Waals surface area contributed by atoms with Crippen molar-refractivity contribution in [1.29, 1.82) is 0 Å². The van der Waals surface area contributed by atoms with E-state index in [-0.39, 0.29) is 0 Å². The van der Waals surface area contributed by atoms with Crippen LogP contribution >= 0.6 is 0 Å². The largest absolute Gasteiger partial charge is 0.319 e. The summed E-state index contributed by atoms with van der Waals surface area (Å²) in [4.78, 5) is 2.49. The van der Waals surface area contributed by atoms with Crippen molar-refractivity contribution in [3.63, 3.8) is 0 Å². The molecule has 2 nitrogen and oxygen atoms in total. The van der Waals surface area contributed by atoms with E-state index in [0.717, 1.165) is 11.8 Å². The molecule has 0 bridgehead atoms. The van der Waals surface area contributed by atoms with Crippen molar-refractivity contribution in [2.24, 2.45) is 11.8 Å². The fraction of sp³-hybridized carbons (Fsp3) is 1.00. The average molecular weight is 184 g/mol. The normalized spacial score (nSPS) is 28.4. The molecule has 0 saturated carbocycles. The van der Waals surface area contributed by atoms with Gasteiger partial charge in [-0.25, -0.2) is 0 Å². The highest BCUT2D eigenvalue weighted by Crippen LogP contribution is 2.22. The highest BCUT2D eigenvalue weighted by Gasteiger charge is 2.20. The van der Waals surface area contributed by atoms with Gasteiger partial charge in [-0.2, -0.15) is 0 Å². The van der Waals surface area contributed by atoms with Crippen LogP contribution in [-0.2, 0) is 0 Å². The summed E-state index contributed by atoms with van der Waals surface area (Å²) in [6.07, 6.45) is 4.23. The molecule has 0 spiro atoms. The van der Waals surface area contributed by atoms with Gasteiger partial charge in [-0.05, 0) is 51.9 Å². The smallest absolute Gasteiger partial charge is 0.000963 e. The zero-order chi connectivity index (χ0) is 9.68. The Morgan fingerprint density at radius 1 is 1.46 bits per heavy atom. The van der Waals surface area contributed by atoms with Gasteiger partial charge in [0.1, 0.15) is 0 Å². The van der Waals surface area contributed by atoms with E-state index in [1.807, 2.05) is 0 Å². The van der Waals surface area contributed by atoms with E-state index in [1.54, 1.807) is 0 Å². The molecule has 0 aliphatic carbocycles. The topological polar surface area (TPSA) is 15.3 Å². The molecule has 2 atom stereocenters. The maximum atomic E-state index is 3.28. The first-order chi connectivity index (χ1) is 6.24. The summed E-state index contributed by atoms with van der Waals surface area (Å²) in [5.74, 6) is 1.73. The summed E-state index contributed by atoms with van der Waals surface area (Å²) in [5, 5.41) is 3.28. The quantitative estimate of drug-likeness (QED) is 0.716. The third-order valence-electron chi connectivity index (χ3n) is 3.24. The van der Waals surface area contributed by atoms with E-state index >= 15 is 0 Å². The number of likely N-dealkylation sites (tertiary alicyclic amines) is 1. The molecule has 0 aromatic rings. The monoisotopic (exact) mass is 184 g/mol. The minimum absolute atomic E-state index is 0.825. The molecule has 1 aliphatic heterocycles. The van der Waals surface area contributed by atoms with Crippen LogP contribution in [0.2, 0.25) is 0 Å². The van der Waals surface area contributed by atoms with E-state index in [4.69, 9.17) is 0 Å². The molecular weight excluding hydrogens is 160 g/mol. The number of nitrogens with zero attached hydrogens (tertiary/aromatic N) is 1. The fourth-order valence-electron chi connectivity index (χ4n) is 2.32. The second kappa shape index (κ2) is 5.61. The van der Waals surface area contributed by atoms with Crippen LogP contribution in [-0.4, -0.2) is 38.6 Å². The van der Waals surface area contributed by atoms with Gasteiger partial charge >= 0.3 is 0 Å². The van der Waals surface area contributed by atoms with Gasteiger partial charge in [0.2, 0.25) is 0 Å². The molecule has 78 valence electrons. The Morgan fingerprint density at radius 2 is 2.23 bits per heavy atom. The fourth-order valence-corrected chi connectivity index (χ4v) is 2.32. The van der Waals surface area contributed by atoms with E-state index in [1.165, 1.54) is 38.9 Å². The first kappa shape index (κ1) is 11.0. The number of hydrogen-bond acceptors (Lipinski definition) is 2. The highest BCUT2D eigenvalue weighted by molar-refractivity contribution is 4.74. The van der Waals surface area contributed by atoms with E-state index < -0.39 is 0 Å². The predicted molar refractivity (Wildman–Crippen MR) is 57.9 cm³/mol. The Bertz CT molecular complexity index is 136. The van der Waals surface area contributed by atoms with Crippen LogP contribution in [0.25, 0.3) is 0 Å². The summed E-state index contributed by atoms with van der Waals surface area (Å²) in [6, 6.07) is 0. The molecule has 1 rings (SSSR count). The molecule has 0 radical (unpaired) electrons. The molecule has 2 unspecified atom stereocenters. The summed E-state index contributed by atoms with van der Waals surface area (Å²) < 4.78 is 0. The average Bonchev–Trinajstić information content (AvgIpc) is 2.30. The molecule has 2 heteroatoms. The van der Waals surface area contributed by atoms with Gasteiger partial charge in [0.05, 0.1) is 0 Å². The molecule has 1 aliphatic rings. The second-order valence-corrected chi connectivity index (χ2v) is 4.55. The molecule has 1 saturated heterocycles. The minimum Gasteiger partial charge on any atom is -0.319 e. The molecule has 0 aromatic carbocycles. The van der Waals surface area contributed by atoms with Gasteiger partial charge in [-0.3, -0.25) is 0 Å². The third kappa shape index (κ3) is 3.65. The van der Waals surface area contributed by atoms with Crippen molar-refractivity contribution in [3.05, 3.63) is 0 Å². The Morgan fingerprint density at radius 3 is 2.92 bits per heavy atom. The van der Waals surface area contributed by atoms with E-state index in [0.29, 0.717) is 0 Å². The SMILES string of the molecule is CNCC(C)C1CCCCN(C)C1. The molecule has 13 heavy (non-hydrogen) atoms. The van der Waals surface area contributed by atoms with Crippen LogP contribution in [0.1, 0.15) is 26.2 Å². The Kier molecular flexibility index (Phi) is 4.74. The lowest BCUT2D eigenvalue weighted by atomic mass is 9.90. The molecule has 0 aromatic heterocycles. The van der Waals surface area contributed by atoms with Gasteiger partial charge in [0.15, 0.2) is 0 Å². The number of rotatable bonds is 3. The first-order valence-electron chi connectivity index (χ1n) is 5.57. The second-order valence-electron chi connectivity index (χ2n) is 4.55. The molecule has 1 fully saturated rings. The minimum atomic E-state index is 0.825. The standard InChI is InChI=1S/C11H24N2/c1-10(8-12-2)11-6-4-5-7-13(3)9-11/h10-12H,4-9H2,1-3H3. The van der Waals surface area contributed by atoms with Crippen molar-refractivity contribution < 1.29 is 0 Å². The van der Waals surface area contributed by atoms with Crippen LogP contribution in [0.5, 0.6) is 0 Å². The van der Waals surface area contributed by atoms with Crippen molar-refractivity contribution >= 4 is 0 Å². The van der Waals surface area contributed by atoms with Gasteiger partial charge in [0.25, 0.3) is 0 Å². The summed E-state index contributed by atoms with van der Waals surface area (Å²) in [5.41, 5.74) is 0. The Hall–Kier alpha value is -0.0800. The molecular formula is C11H24N2. The lowest BCUT2D eigenvalue weighted by Gasteiger charge is -2.25. The summed E-state index contributed by atoms with van der Waals surface area (Å²) in [7, 11) is 4.31. The van der Waals surface area contributed by atoms with Crippen LogP contribution in [0.15, 0.2) is 0 Å². The maximum absolute atomic E-state index is 3.28. The van der Waals surface area contributed by atoms with Crippen LogP contribution < -0.4 is 5.32 Å². The van der Waals surface area contributed by atoms with Crippen LogP contribution in [0.3, 0.4) is 0 Å². The molecule has 0 amide bonds. The summed E-state index contributed by atoms with van der Waals surface area (Å²) in [6.45, 7) is 6.13.